The summed E-state index contributed by atoms with van der Waals surface area (Å²) in [5, 5.41) is 9.36. The molecule has 0 saturated heterocycles. The fraction of sp³-hybridized carbons (Fsp3) is 0.571. The van der Waals surface area contributed by atoms with Crippen molar-refractivity contribution in [2.45, 2.75) is 38.6 Å². The Kier molecular flexibility index (Phi) is 3.84. The Labute approximate surface area is 108 Å². The Balaban J connectivity index is 2.08. The van der Waals surface area contributed by atoms with Gasteiger partial charge in [-0.15, -0.1) is 0 Å². The number of rotatable bonds is 2. The molecule has 1 aromatic rings. The van der Waals surface area contributed by atoms with E-state index in [0.717, 1.165) is 12.8 Å². The van der Waals surface area contributed by atoms with Crippen molar-refractivity contribution in [1.29, 1.82) is 0 Å². The van der Waals surface area contributed by atoms with Crippen LogP contribution in [0.1, 0.15) is 43.0 Å². The summed E-state index contributed by atoms with van der Waals surface area (Å²) in [4.78, 5) is 17.9. The van der Waals surface area contributed by atoms with Gasteiger partial charge in [0.2, 0.25) is 0 Å². The number of nitrogens with zero attached hydrogens (tertiary/aromatic N) is 2. The van der Waals surface area contributed by atoms with Crippen LogP contribution >= 0.6 is 0 Å². The minimum Gasteiger partial charge on any atom is -0.506 e. The lowest BCUT2D eigenvalue weighted by molar-refractivity contribution is 0.0671. The molecule has 2 rings (SSSR count). The van der Waals surface area contributed by atoms with E-state index in [1.807, 2.05) is 7.05 Å². The lowest BCUT2D eigenvalue weighted by atomic mass is 9.86. The maximum absolute atomic E-state index is 12.3. The molecule has 0 spiro atoms. The Hall–Kier alpha value is -1.58. The van der Waals surface area contributed by atoms with Gasteiger partial charge in [0.25, 0.3) is 5.91 Å². The van der Waals surface area contributed by atoms with Gasteiger partial charge < -0.3 is 10.0 Å². The second-order valence-corrected chi connectivity index (χ2v) is 5.27. The maximum atomic E-state index is 12.3. The zero-order valence-corrected chi connectivity index (χ0v) is 11.0. The van der Waals surface area contributed by atoms with Gasteiger partial charge >= 0.3 is 0 Å². The molecule has 4 heteroatoms. The van der Waals surface area contributed by atoms with Crippen LogP contribution in [0.5, 0.6) is 5.75 Å². The Morgan fingerprint density at radius 1 is 1.44 bits per heavy atom. The molecule has 1 saturated carbocycles. The summed E-state index contributed by atoms with van der Waals surface area (Å²) in [5.41, 5.74) is 0.454. The first-order valence-corrected chi connectivity index (χ1v) is 6.49. The molecule has 1 heterocycles. The van der Waals surface area contributed by atoms with Crippen molar-refractivity contribution in [1.82, 2.24) is 9.88 Å². The van der Waals surface area contributed by atoms with Gasteiger partial charge in [0, 0.05) is 19.3 Å². The van der Waals surface area contributed by atoms with E-state index in [-0.39, 0.29) is 11.7 Å². The minimum atomic E-state index is -0.0579. The normalized spacial score (nSPS) is 23.7. The van der Waals surface area contributed by atoms with E-state index in [1.165, 1.54) is 31.3 Å². The quantitative estimate of drug-likeness (QED) is 0.874. The first-order valence-electron chi connectivity index (χ1n) is 6.49. The number of hydrogen-bond donors (Lipinski definition) is 1. The zero-order chi connectivity index (χ0) is 13.1. The van der Waals surface area contributed by atoms with Crippen LogP contribution in [0.2, 0.25) is 0 Å². The summed E-state index contributed by atoms with van der Waals surface area (Å²) in [6.45, 7) is 2.24. The number of carbonyl (C=O) groups is 1. The summed E-state index contributed by atoms with van der Waals surface area (Å²) in [7, 11) is 1.84. The van der Waals surface area contributed by atoms with Gasteiger partial charge in [0.15, 0.2) is 0 Å². The highest BCUT2D eigenvalue weighted by Gasteiger charge is 2.26. The molecule has 0 bridgehead atoms. The molecule has 4 nitrogen and oxygen atoms in total. The van der Waals surface area contributed by atoms with E-state index in [2.05, 4.69) is 11.9 Å². The SMILES string of the molecule is CC1CCCC(N(C)C(=O)c2cncc(O)c2)C1. The minimum absolute atomic E-state index is 0.0336. The lowest BCUT2D eigenvalue weighted by Crippen LogP contribution is -2.39. The number of carbonyl (C=O) groups excluding carboxylic acids is 1. The largest absolute Gasteiger partial charge is 0.506 e. The van der Waals surface area contributed by atoms with Gasteiger partial charge in [-0.25, -0.2) is 0 Å². The highest BCUT2D eigenvalue weighted by Crippen LogP contribution is 2.27. The van der Waals surface area contributed by atoms with Crippen LogP contribution in [-0.2, 0) is 0 Å². The fourth-order valence-electron chi connectivity index (χ4n) is 2.67. The van der Waals surface area contributed by atoms with Crippen molar-refractivity contribution in [3.8, 4) is 5.75 Å². The van der Waals surface area contributed by atoms with Gasteiger partial charge in [-0.3, -0.25) is 9.78 Å². The molecule has 0 radical (unpaired) electrons. The highest BCUT2D eigenvalue weighted by atomic mass is 16.3. The van der Waals surface area contributed by atoms with E-state index >= 15 is 0 Å². The average Bonchev–Trinajstić information content (AvgIpc) is 2.37. The molecule has 1 amide bonds. The van der Waals surface area contributed by atoms with Crippen LogP contribution in [-0.4, -0.2) is 34.0 Å². The summed E-state index contributed by atoms with van der Waals surface area (Å²) in [6, 6.07) is 1.78. The summed E-state index contributed by atoms with van der Waals surface area (Å²) < 4.78 is 0. The van der Waals surface area contributed by atoms with Crippen molar-refractivity contribution >= 4 is 5.91 Å². The van der Waals surface area contributed by atoms with Gasteiger partial charge in [-0.1, -0.05) is 19.8 Å². The van der Waals surface area contributed by atoms with Gasteiger partial charge in [-0.05, 0) is 24.8 Å². The first kappa shape index (κ1) is 12.9. The zero-order valence-electron chi connectivity index (χ0n) is 11.0. The van der Waals surface area contributed by atoms with Gasteiger partial charge in [0.1, 0.15) is 5.75 Å². The fourth-order valence-corrected chi connectivity index (χ4v) is 2.67. The van der Waals surface area contributed by atoms with Crippen molar-refractivity contribution in [2.75, 3.05) is 7.05 Å². The summed E-state index contributed by atoms with van der Waals surface area (Å²) in [6.07, 6.45) is 7.41. The third-order valence-corrected chi connectivity index (χ3v) is 3.75. The lowest BCUT2D eigenvalue weighted by Gasteiger charge is -2.34. The van der Waals surface area contributed by atoms with E-state index in [9.17, 15) is 9.90 Å². The molecule has 98 valence electrons. The van der Waals surface area contributed by atoms with E-state index in [0.29, 0.717) is 17.5 Å². The number of aromatic hydroxyl groups is 1. The molecule has 1 aliphatic carbocycles. The van der Waals surface area contributed by atoms with Gasteiger partial charge in [-0.2, -0.15) is 0 Å². The predicted octanol–water partition coefficient (Wildman–Crippen LogP) is 2.44. The molecule has 1 fully saturated rings. The third-order valence-electron chi connectivity index (χ3n) is 3.75. The van der Waals surface area contributed by atoms with Crippen LogP contribution in [0, 0.1) is 5.92 Å². The van der Waals surface area contributed by atoms with E-state index < -0.39 is 0 Å². The van der Waals surface area contributed by atoms with Crippen molar-refractivity contribution in [2.24, 2.45) is 5.92 Å². The van der Waals surface area contributed by atoms with Crippen LogP contribution in [0.3, 0.4) is 0 Å². The molecule has 18 heavy (non-hydrogen) atoms. The van der Waals surface area contributed by atoms with E-state index in [1.54, 1.807) is 4.90 Å². The standard InChI is InChI=1S/C14H20N2O2/c1-10-4-3-5-12(6-10)16(2)14(18)11-7-13(17)9-15-8-11/h7-10,12,17H,3-6H2,1-2H3. The molecular weight excluding hydrogens is 228 g/mol. The topological polar surface area (TPSA) is 53.4 Å². The molecule has 1 aliphatic rings. The molecule has 2 unspecified atom stereocenters. The van der Waals surface area contributed by atoms with Gasteiger partial charge in [0.05, 0.1) is 11.8 Å². The average molecular weight is 248 g/mol. The second kappa shape index (κ2) is 5.38. The third kappa shape index (κ3) is 2.81. The summed E-state index contributed by atoms with van der Waals surface area (Å²) in [5.74, 6) is 0.657. The van der Waals surface area contributed by atoms with Crippen molar-refractivity contribution < 1.29 is 9.90 Å². The Bertz CT molecular complexity index is 434. The predicted molar refractivity (Wildman–Crippen MR) is 69.4 cm³/mol. The van der Waals surface area contributed by atoms with Crippen molar-refractivity contribution in [3.63, 3.8) is 0 Å². The monoisotopic (exact) mass is 248 g/mol. The Morgan fingerprint density at radius 3 is 2.89 bits per heavy atom. The molecule has 0 aromatic carbocycles. The molecule has 0 aliphatic heterocycles. The molecular formula is C14H20N2O2. The van der Waals surface area contributed by atoms with E-state index in [4.69, 9.17) is 0 Å². The van der Waals surface area contributed by atoms with Crippen LogP contribution in [0.15, 0.2) is 18.5 Å². The molecule has 2 atom stereocenters. The highest BCUT2D eigenvalue weighted by molar-refractivity contribution is 5.94. The number of pyridine rings is 1. The maximum Gasteiger partial charge on any atom is 0.255 e. The molecule has 1 aromatic heterocycles. The first-order chi connectivity index (χ1) is 8.58. The van der Waals surface area contributed by atoms with Crippen LogP contribution in [0.25, 0.3) is 0 Å². The summed E-state index contributed by atoms with van der Waals surface area (Å²) >= 11 is 0. The smallest absolute Gasteiger partial charge is 0.255 e. The molecule has 1 N–H and O–H groups in total. The van der Waals surface area contributed by atoms with Crippen LogP contribution in [0.4, 0.5) is 0 Å². The number of hydrogen-bond acceptors (Lipinski definition) is 3. The number of aromatic nitrogens is 1. The second-order valence-electron chi connectivity index (χ2n) is 5.27. The van der Waals surface area contributed by atoms with Crippen LogP contribution < -0.4 is 0 Å². The van der Waals surface area contributed by atoms with Crippen molar-refractivity contribution in [3.05, 3.63) is 24.0 Å². The Morgan fingerprint density at radius 2 is 2.22 bits per heavy atom. The number of amides is 1.